The maximum atomic E-state index is 13.0. The van der Waals surface area contributed by atoms with E-state index in [1.165, 1.54) is 0 Å². The van der Waals surface area contributed by atoms with Gasteiger partial charge < -0.3 is 5.32 Å². The Labute approximate surface area is 135 Å². The molecule has 5 nitrogen and oxygen atoms in total. The van der Waals surface area contributed by atoms with Crippen LogP contribution in [-0.2, 0) is 30.4 Å². The van der Waals surface area contributed by atoms with Gasteiger partial charge in [-0.25, -0.2) is 0 Å². The molecular formula is C16H13F3N4O. The van der Waals surface area contributed by atoms with Crippen LogP contribution in [0.25, 0.3) is 0 Å². The predicted molar refractivity (Wildman–Crippen MR) is 79.0 cm³/mol. The van der Waals surface area contributed by atoms with Crippen molar-refractivity contribution in [3.63, 3.8) is 0 Å². The van der Waals surface area contributed by atoms with Gasteiger partial charge in [0.15, 0.2) is 5.69 Å². The van der Waals surface area contributed by atoms with Crippen molar-refractivity contribution in [2.75, 3.05) is 5.32 Å². The average Bonchev–Trinajstić information content (AvgIpc) is 3.11. The molecule has 0 saturated heterocycles. The molecule has 0 radical (unpaired) electrons. The molecule has 8 heteroatoms. The summed E-state index contributed by atoms with van der Waals surface area (Å²) in [4.78, 5) is 12.1. The zero-order chi connectivity index (χ0) is 17.3. The Hall–Kier alpha value is -2.82. The quantitative estimate of drug-likeness (QED) is 0.938. The maximum absolute atomic E-state index is 13.0. The molecule has 0 atom stereocenters. The van der Waals surface area contributed by atoms with E-state index in [4.69, 9.17) is 5.26 Å². The molecule has 1 N–H and O–H groups in total. The second-order valence-corrected chi connectivity index (χ2v) is 5.52. The molecule has 2 aromatic rings. The van der Waals surface area contributed by atoms with Crippen LogP contribution in [0.15, 0.2) is 24.3 Å². The highest BCUT2D eigenvalue weighted by atomic mass is 19.4. The third-order valence-electron chi connectivity index (χ3n) is 3.87. The van der Waals surface area contributed by atoms with E-state index in [9.17, 15) is 18.0 Å². The summed E-state index contributed by atoms with van der Waals surface area (Å²) in [5, 5.41) is 14.9. The summed E-state index contributed by atoms with van der Waals surface area (Å²) in [7, 11) is 0. The first kappa shape index (κ1) is 16.1. The number of fused-ring (bicyclic) bond motifs is 1. The van der Waals surface area contributed by atoms with Gasteiger partial charge in [-0.15, -0.1) is 0 Å². The first-order valence-electron chi connectivity index (χ1n) is 7.34. The molecular weight excluding hydrogens is 321 g/mol. The lowest BCUT2D eigenvalue weighted by atomic mass is 10.2. The van der Waals surface area contributed by atoms with Crippen molar-refractivity contribution in [3.05, 3.63) is 46.8 Å². The van der Waals surface area contributed by atoms with E-state index >= 15 is 0 Å². The molecule has 1 aliphatic carbocycles. The monoisotopic (exact) mass is 334 g/mol. The average molecular weight is 334 g/mol. The minimum absolute atomic E-state index is 0.202. The van der Waals surface area contributed by atoms with Crippen molar-refractivity contribution in [2.45, 2.75) is 32.0 Å². The topological polar surface area (TPSA) is 70.7 Å². The van der Waals surface area contributed by atoms with Crippen LogP contribution < -0.4 is 5.32 Å². The Balaban J connectivity index is 1.76. The fraction of sp³-hybridized carbons (Fsp3) is 0.312. The Morgan fingerprint density at radius 1 is 1.29 bits per heavy atom. The van der Waals surface area contributed by atoms with E-state index in [0.717, 1.165) is 4.68 Å². The molecule has 1 aromatic heterocycles. The fourth-order valence-electron chi connectivity index (χ4n) is 2.83. The number of nitrogens with one attached hydrogen (secondary N) is 1. The van der Waals surface area contributed by atoms with Crippen LogP contribution in [0, 0.1) is 11.3 Å². The van der Waals surface area contributed by atoms with E-state index in [2.05, 4.69) is 10.4 Å². The zero-order valence-corrected chi connectivity index (χ0v) is 12.5. The van der Waals surface area contributed by atoms with Crippen molar-refractivity contribution < 1.29 is 18.0 Å². The Morgan fingerprint density at radius 3 is 2.62 bits per heavy atom. The fourth-order valence-corrected chi connectivity index (χ4v) is 2.83. The van der Waals surface area contributed by atoms with Crippen LogP contribution in [0.3, 0.4) is 0 Å². The lowest BCUT2D eigenvalue weighted by molar-refractivity contribution is -0.142. The normalized spacial score (nSPS) is 13.4. The van der Waals surface area contributed by atoms with E-state index in [1.807, 2.05) is 6.07 Å². The smallest absolute Gasteiger partial charge is 0.324 e. The minimum Gasteiger partial charge on any atom is -0.324 e. The van der Waals surface area contributed by atoms with Crippen molar-refractivity contribution >= 4 is 11.6 Å². The van der Waals surface area contributed by atoms with Crippen molar-refractivity contribution in [2.24, 2.45) is 0 Å². The number of carbonyl (C=O) groups excluding carboxylic acids is 1. The largest absolute Gasteiger partial charge is 0.435 e. The molecule has 0 unspecified atom stereocenters. The molecule has 1 aliphatic rings. The van der Waals surface area contributed by atoms with E-state index in [0.29, 0.717) is 36.2 Å². The molecule has 1 aromatic carbocycles. The van der Waals surface area contributed by atoms with Gasteiger partial charge in [0.25, 0.3) is 0 Å². The standard InChI is InChI=1S/C16H13F3N4O/c17-16(18,19)15-12-2-1-3-13(12)23(22-15)9-14(24)21-11-6-4-10(8-20)5-7-11/h4-7H,1-3,9H2,(H,21,24). The SMILES string of the molecule is N#Cc1ccc(NC(=O)Cn2nc(C(F)(F)F)c3c2CCC3)cc1. The van der Waals surface area contributed by atoms with Gasteiger partial charge in [0.05, 0.1) is 11.6 Å². The summed E-state index contributed by atoms with van der Waals surface area (Å²) in [5.74, 6) is -0.467. The van der Waals surface area contributed by atoms with Gasteiger partial charge >= 0.3 is 6.18 Å². The van der Waals surface area contributed by atoms with Gasteiger partial charge in [-0.1, -0.05) is 0 Å². The van der Waals surface area contributed by atoms with Crippen LogP contribution in [0.1, 0.15) is 28.9 Å². The van der Waals surface area contributed by atoms with E-state index in [1.54, 1.807) is 24.3 Å². The van der Waals surface area contributed by atoms with Gasteiger partial charge in [-0.05, 0) is 43.5 Å². The molecule has 0 fully saturated rings. The van der Waals surface area contributed by atoms with Gasteiger partial charge in [-0.2, -0.15) is 23.5 Å². The molecule has 0 bridgehead atoms. The Morgan fingerprint density at radius 2 is 2.00 bits per heavy atom. The number of aromatic nitrogens is 2. The van der Waals surface area contributed by atoms with Crippen molar-refractivity contribution in [1.29, 1.82) is 5.26 Å². The predicted octanol–water partition coefficient (Wildman–Crippen LogP) is 2.90. The molecule has 124 valence electrons. The molecule has 0 saturated carbocycles. The van der Waals surface area contributed by atoms with Crippen molar-refractivity contribution in [1.82, 2.24) is 9.78 Å². The highest BCUT2D eigenvalue weighted by Crippen LogP contribution is 2.36. The van der Waals surface area contributed by atoms with E-state index in [-0.39, 0.29) is 12.1 Å². The summed E-state index contributed by atoms with van der Waals surface area (Å²) in [6.45, 7) is -0.279. The number of hydrogen-bond acceptors (Lipinski definition) is 3. The van der Waals surface area contributed by atoms with Gasteiger partial charge in [-0.3, -0.25) is 9.48 Å². The second-order valence-electron chi connectivity index (χ2n) is 5.52. The molecule has 1 heterocycles. The Bertz CT molecular complexity index is 816. The number of hydrogen-bond donors (Lipinski definition) is 1. The summed E-state index contributed by atoms with van der Waals surface area (Å²) in [6, 6.07) is 8.17. The number of amides is 1. The highest BCUT2D eigenvalue weighted by molar-refractivity contribution is 5.90. The number of benzene rings is 1. The number of alkyl halides is 3. The zero-order valence-electron chi connectivity index (χ0n) is 12.5. The number of carbonyl (C=O) groups is 1. The van der Waals surface area contributed by atoms with Crippen LogP contribution in [0.5, 0.6) is 0 Å². The second kappa shape index (κ2) is 6.00. The minimum atomic E-state index is -4.51. The molecule has 3 rings (SSSR count). The molecule has 0 aliphatic heterocycles. The molecule has 1 amide bonds. The van der Waals surface area contributed by atoms with Crippen LogP contribution in [0.2, 0.25) is 0 Å². The third kappa shape index (κ3) is 3.11. The van der Waals surface area contributed by atoms with Gasteiger partial charge in [0, 0.05) is 16.9 Å². The molecule has 0 spiro atoms. The highest BCUT2D eigenvalue weighted by Gasteiger charge is 2.40. The number of nitriles is 1. The van der Waals surface area contributed by atoms with Gasteiger partial charge in [0.2, 0.25) is 5.91 Å². The third-order valence-corrected chi connectivity index (χ3v) is 3.87. The number of anilines is 1. The number of nitrogens with zero attached hydrogens (tertiary/aromatic N) is 3. The van der Waals surface area contributed by atoms with E-state index < -0.39 is 17.8 Å². The van der Waals surface area contributed by atoms with Crippen LogP contribution >= 0.6 is 0 Å². The summed E-state index contributed by atoms with van der Waals surface area (Å²) in [6.07, 6.45) is -3.05. The van der Waals surface area contributed by atoms with Crippen molar-refractivity contribution in [3.8, 4) is 6.07 Å². The summed E-state index contributed by atoms with van der Waals surface area (Å²) in [5.41, 5.74) is 0.721. The first-order valence-corrected chi connectivity index (χ1v) is 7.34. The summed E-state index contributed by atoms with van der Waals surface area (Å²) >= 11 is 0. The van der Waals surface area contributed by atoms with Crippen LogP contribution in [-0.4, -0.2) is 15.7 Å². The lowest BCUT2D eigenvalue weighted by Crippen LogP contribution is -2.21. The van der Waals surface area contributed by atoms with Gasteiger partial charge in [0.1, 0.15) is 6.54 Å². The Kier molecular flexibility index (Phi) is 4.01. The molecule has 24 heavy (non-hydrogen) atoms. The number of halogens is 3. The first-order chi connectivity index (χ1) is 11.4. The maximum Gasteiger partial charge on any atom is 0.435 e. The summed E-state index contributed by atoms with van der Waals surface area (Å²) < 4.78 is 40.2. The van der Waals surface area contributed by atoms with Crippen LogP contribution in [0.4, 0.5) is 18.9 Å². The number of rotatable bonds is 3. The lowest BCUT2D eigenvalue weighted by Gasteiger charge is -2.08.